The van der Waals surface area contributed by atoms with Crippen LogP contribution < -0.4 is 0 Å². The summed E-state index contributed by atoms with van der Waals surface area (Å²) in [7, 11) is 7.36. The van der Waals surface area contributed by atoms with Crippen molar-refractivity contribution in [3.05, 3.63) is 53.2 Å². The van der Waals surface area contributed by atoms with Crippen molar-refractivity contribution >= 4 is 41.9 Å². The van der Waals surface area contributed by atoms with E-state index >= 15 is 0 Å². The zero-order chi connectivity index (χ0) is 16.4. The predicted octanol–water partition coefficient (Wildman–Crippen LogP) is 4.07. The maximum absolute atomic E-state index is 12.0. The number of allylic oxidation sites excluding steroid dienone is 3. The number of hydrogen-bond donors (Lipinski definition) is 0. The Balaban J connectivity index is 0.000000354. The molecule has 1 aromatic carbocycles. The van der Waals surface area contributed by atoms with Crippen molar-refractivity contribution in [2.75, 3.05) is 13.1 Å². The molecule has 23 heavy (non-hydrogen) atoms. The maximum Gasteiger partial charge on any atom is 0.211 e. The Kier molecular flexibility index (Phi) is 5.24. The third-order valence-electron chi connectivity index (χ3n) is 4.62. The van der Waals surface area contributed by atoms with Crippen LogP contribution in [0.15, 0.2) is 47.7 Å². The Morgan fingerprint density at radius 1 is 1.09 bits per heavy atom. The van der Waals surface area contributed by atoms with E-state index in [1.165, 1.54) is 29.7 Å². The molecule has 0 spiro atoms. The van der Waals surface area contributed by atoms with Gasteiger partial charge >= 0.3 is 0 Å². The van der Waals surface area contributed by atoms with Gasteiger partial charge in [0.15, 0.2) is 5.78 Å². The van der Waals surface area contributed by atoms with Gasteiger partial charge in [-0.1, -0.05) is 30.3 Å². The van der Waals surface area contributed by atoms with Gasteiger partial charge in [0.05, 0.1) is 0 Å². The molecule has 122 valence electrons. The monoisotopic (exact) mass is 369 g/mol. The summed E-state index contributed by atoms with van der Waals surface area (Å²) in [5, 5.41) is 0. The number of carbonyl (C=O) groups excluding carboxylic acids is 1. The molecule has 2 bridgehead atoms. The van der Waals surface area contributed by atoms with Crippen molar-refractivity contribution < 1.29 is 9.00 Å². The second-order valence-corrected chi connectivity index (χ2v) is 8.41. The summed E-state index contributed by atoms with van der Waals surface area (Å²) < 4.78 is 9.09. The number of piperidine rings is 1. The van der Waals surface area contributed by atoms with Crippen LogP contribution in [-0.2, 0) is 14.0 Å². The SMILES string of the molecule is O=C1C=C(c2ccccc2)C2=C(C1)C1CCN2CC1.O=S(Cl)Cl. The lowest BCUT2D eigenvalue weighted by Crippen LogP contribution is -2.42. The highest BCUT2D eigenvalue weighted by Gasteiger charge is 2.37. The molecule has 4 aliphatic rings. The zero-order valence-corrected chi connectivity index (χ0v) is 14.8. The van der Waals surface area contributed by atoms with Crippen LogP contribution in [0.5, 0.6) is 0 Å². The summed E-state index contributed by atoms with van der Waals surface area (Å²) in [5.41, 5.74) is 5.10. The van der Waals surface area contributed by atoms with E-state index in [1.807, 2.05) is 24.3 Å². The summed E-state index contributed by atoms with van der Waals surface area (Å²) in [4.78, 5) is 14.5. The molecule has 0 saturated carbocycles. The average Bonchev–Trinajstić information content (AvgIpc) is 2.55. The topological polar surface area (TPSA) is 37.4 Å². The molecular formula is C17H17Cl2NO2S. The first-order valence-electron chi connectivity index (χ1n) is 7.59. The number of ketones is 1. The molecular weight excluding hydrogens is 353 g/mol. The van der Waals surface area contributed by atoms with E-state index in [9.17, 15) is 4.79 Å². The summed E-state index contributed by atoms with van der Waals surface area (Å²) in [6.07, 6.45) is 4.96. The zero-order valence-electron chi connectivity index (χ0n) is 12.5. The minimum absolute atomic E-state index is 0.270. The third kappa shape index (κ3) is 3.70. The first kappa shape index (κ1) is 16.7. The summed E-state index contributed by atoms with van der Waals surface area (Å²) in [6, 6.07) is 10.3. The minimum Gasteiger partial charge on any atom is -0.371 e. The largest absolute Gasteiger partial charge is 0.371 e. The van der Waals surface area contributed by atoms with E-state index in [2.05, 4.69) is 38.4 Å². The van der Waals surface area contributed by atoms with E-state index in [4.69, 9.17) is 4.21 Å². The Hall–Kier alpha value is -1.10. The van der Waals surface area contributed by atoms with Crippen molar-refractivity contribution in [2.45, 2.75) is 19.3 Å². The van der Waals surface area contributed by atoms with Crippen LogP contribution in [0.25, 0.3) is 5.57 Å². The van der Waals surface area contributed by atoms with Gasteiger partial charge in [-0.05, 0) is 36.0 Å². The number of halogens is 2. The van der Waals surface area contributed by atoms with E-state index in [1.54, 1.807) is 0 Å². The van der Waals surface area contributed by atoms with Crippen LogP contribution in [0.1, 0.15) is 24.8 Å². The first-order chi connectivity index (χ1) is 11.1. The molecule has 0 aromatic heterocycles. The molecule has 1 aromatic rings. The third-order valence-corrected chi connectivity index (χ3v) is 4.62. The number of rotatable bonds is 1. The Morgan fingerprint density at radius 3 is 2.30 bits per heavy atom. The van der Waals surface area contributed by atoms with Gasteiger partial charge in [-0.2, -0.15) is 0 Å². The maximum atomic E-state index is 12.0. The summed E-state index contributed by atoms with van der Waals surface area (Å²) >= 11 is 0. The van der Waals surface area contributed by atoms with Crippen LogP contribution in [0.4, 0.5) is 0 Å². The van der Waals surface area contributed by atoms with Crippen LogP contribution in [0, 0.1) is 5.92 Å². The number of nitrogens with zero attached hydrogens (tertiary/aromatic N) is 1. The number of carbonyl (C=O) groups is 1. The highest BCUT2D eigenvalue weighted by atomic mass is 36.0. The first-order valence-corrected chi connectivity index (χ1v) is 10.4. The van der Waals surface area contributed by atoms with Crippen LogP contribution in [0.3, 0.4) is 0 Å². The molecule has 0 radical (unpaired) electrons. The second kappa shape index (κ2) is 7.20. The summed E-state index contributed by atoms with van der Waals surface area (Å²) in [6.45, 7) is 2.31. The fourth-order valence-electron chi connectivity index (χ4n) is 3.73. The molecule has 3 aliphatic heterocycles. The van der Waals surface area contributed by atoms with Crippen LogP contribution in [0.2, 0.25) is 0 Å². The standard InChI is InChI=1S/C17H17NO.Cl2OS/c19-14-10-15(12-4-2-1-3-5-12)17-16(11-14)13-6-8-18(17)9-7-13;1-4(2)3/h1-5,10,13H,6-9,11H2;. The molecule has 0 atom stereocenters. The van der Waals surface area contributed by atoms with E-state index < -0.39 is 9.23 Å². The molecule has 6 heteroatoms. The molecule has 5 rings (SSSR count). The van der Waals surface area contributed by atoms with Crippen molar-refractivity contribution in [2.24, 2.45) is 5.92 Å². The Labute approximate surface area is 147 Å². The van der Waals surface area contributed by atoms with Crippen molar-refractivity contribution in [1.82, 2.24) is 4.90 Å². The predicted molar refractivity (Wildman–Crippen MR) is 95.2 cm³/mol. The molecule has 1 aliphatic carbocycles. The van der Waals surface area contributed by atoms with Crippen LogP contribution >= 0.6 is 21.4 Å². The molecule has 3 heterocycles. The van der Waals surface area contributed by atoms with Crippen LogP contribution in [-0.4, -0.2) is 28.0 Å². The number of fused-ring (bicyclic) bond motifs is 2. The van der Waals surface area contributed by atoms with Gasteiger partial charge in [-0.15, -0.1) is 0 Å². The molecule has 0 unspecified atom stereocenters. The molecule has 1 fully saturated rings. The molecule has 0 amide bonds. The van der Waals surface area contributed by atoms with Gasteiger partial charge in [0.2, 0.25) is 9.23 Å². The van der Waals surface area contributed by atoms with Gasteiger partial charge in [0.1, 0.15) is 0 Å². The van der Waals surface area contributed by atoms with Crippen molar-refractivity contribution in [3.63, 3.8) is 0 Å². The Morgan fingerprint density at radius 2 is 1.70 bits per heavy atom. The lowest BCUT2D eigenvalue weighted by molar-refractivity contribution is -0.114. The fraction of sp³-hybridized carbons (Fsp3) is 0.353. The van der Waals surface area contributed by atoms with E-state index in [0.717, 1.165) is 18.7 Å². The van der Waals surface area contributed by atoms with E-state index in [-0.39, 0.29) is 5.78 Å². The van der Waals surface area contributed by atoms with E-state index in [0.29, 0.717) is 12.3 Å². The average molecular weight is 370 g/mol. The highest BCUT2D eigenvalue weighted by Crippen LogP contribution is 2.45. The number of benzene rings is 1. The highest BCUT2D eigenvalue weighted by molar-refractivity contribution is 8.26. The lowest BCUT2D eigenvalue weighted by Gasteiger charge is -2.46. The normalized spacial score (nSPS) is 20.2. The lowest BCUT2D eigenvalue weighted by atomic mass is 9.75. The second-order valence-electron chi connectivity index (χ2n) is 5.89. The minimum atomic E-state index is -1.67. The van der Waals surface area contributed by atoms with Crippen molar-refractivity contribution in [1.29, 1.82) is 0 Å². The van der Waals surface area contributed by atoms with Gasteiger partial charge in [0, 0.05) is 52.1 Å². The van der Waals surface area contributed by atoms with Gasteiger partial charge < -0.3 is 4.90 Å². The Bertz CT molecular complexity index is 688. The van der Waals surface area contributed by atoms with Gasteiger partial charge in [0.25, 0.3) is 0 Å². The fourth-order valence-corrected chi connectivity index (χ4v) is 3.73. The number of hydrogen-bond acceptors (Lipinski definition) is 3. The van der Waals surface area contributed by atoms with Gasteiger partial charge in [-0.3, -0.25) is 4.79 Å². The molecule has 3 nitrogen and oxygen atoms in total. The van der Waals surface area contributed by atoms with Gasteiger partial charge in [-0.25, -0.2) is 4.21 Å². The van der Waals surface area contributed by atoms with Crippen molar-refractivity contribution in [3.8, 4) is 0 Å². The smallest absolute Gasteiger partial charge is 0.211 e. The molecule has 1 saturated heterocycles. The quantitative estimate of drug-likeness (QED) is 0.700. The molecule has 0 N–H and O–H groups in total. The summed E-state index contributed by atoms with van der Waals surface area (Å²) in [5.74, 6) is 0.919.